The summed E-state index contributed by atoms with van der Waals surface area (Å²) in [6, 6.07) is 3.54. The van der Waals surface area contributed by atoms with E-state index < -0.39 is 23.0 Å². The molecule has 1 N–H and O–H groups in total. The predicted octanol–water partition coefficient (Wildman–Crippen LogP) is 2.27. The smallest absolute Gasteiger partial charge is 0.278 e. The lowest BCUT2D eigenvalue weighted by atomic mass is 10.1. The third kappa shape index (κ3) is 2.91. The Balaban J connectivity index is 2.04. The molecule has 0 radical (unpaired) electrons. The van der Waals surface area contributed by atoms with Crippen molar-refractivity contribution in [1.82, 2.24) is 24.1 Å². The van der Waals surface area contributed by atoms with Gasteiger partial charge in [-0.15, -0.1) is 0 Å². The zero-order valence-electron chi connectivity index (χ0n) is 16.4. The summed E-state index contributed by atoms with van der Waals surface area (Å²) in [6.07, 6.45) is 1.46. The van der Waals surface area contributed by atoms with Crippen LogP contribution in [0, 0.1) is 5.82 Å². The quantitative estimate of drug-likeness (QED) is 0.546. The first kappa shape index (κ1) is 19.2. The van der Waals surface area contributed by atoms with Gasteiger partial charge in [-0.25, -0.2) is 9.37 Å². The lowest BCUT2D eigenvalue weighted by Crippen LogP contribution is -2.27. The number of aromatic nitrogens is 5. The van der Waals surface area contributed by atoms with E-state index in [-0.39, 0.29) is 29.5 Å². The highest BCUT2D eigenvalue weighted by Gasteiger charge is 2.29. The number of benzene rings is 1. The molecule has 0 aliphatic rings. The Morgan fingerprint density at radius 1 is 1.34 bits per heavy atom. The average Bonchev–Trinajstić information content (AvgIpc) is 3.35. The van der Waals surface area contributed by atoms with Gasteiger partial charge in [-0.3, -0.25) is 13.8 Å². The van der Waals surface area contributed by atoms with Crippen molar-refractivity contribution in [1.29, 1.82) is 0 Å². The predicted molar refractivity (Wildman–Crippen MR) is 102 cm³/mol. The molecule has 152 valence electrons. The highest BCUT2D eigenvalue weighted by Crippen LogP contribution is 2.27. The molecule has 1 unspecified atom stereocenters. The Kier molecular flexibility index (Phi) is 4.47. The van der Waals surface area contributed by atoms with Gasteiger partial charge in [-0.1, -0.05) is 5.16 Å². The van der Waals surface area contributed by atoms with Gasteiger partial charge in [0.05, 0.1) is 23.7 Å². The zero-order valence-corrected chi connectivity index (χ0v) is 16.4. The minimum Gasteiger partial charge on any atom is -0.394 e. The summed E-state index contributed by atoms with van der Waals surface area (Å²) in [6.45, 7) is 4.92. The van der Waals surface area contributed by atoms with E-state index >= 15 is 0 Å². The van der Waals surface area contributed by atoms with Crippen LogP contribution in [0.1, 0.15) is 32.7 Å². The van der Waals surface area contributed by atoms with Gasteiger partial charge in [0.15, 0.2) is 0 Å². The normalized spacial score (nSPS) is 13.4. The van der Waals surface area contributed by atoms with Crippen molar-refractivity contribution >= 4 is 16.6 Å². The third-order valence-electron chi connectivity index (χ3n) is 5.01. The van der Waals surface area contributed by atoms with E-state index in [1.54, 1.807) is 31.2 Å². The third-order valence-corrected chi connectivity index (χ3v) is 5.01. The lowest BCUT2D eigenvalue weighted by molar-refractivity contribution is -0.00786. The van der Waals surface area contributed by atoms with Crippen LogP contribution in [0.5, 0.6) is 0 Å². The molecule has 9 nitrogen and oxygen atoms in total. The van der Waals surface area contributed by atoms with Crippen LogP contribution in [-0.4, -0.2) is 42.9 Å². The number of hydrogen-bond donors (Lipinski definition) is 1. The highest BCUT2D eigenvalue weighted by molar-refractivity contribution is 5.83. The molecule has 0 saturated carbocycles. The highest BCUT2D eigenvalue weighted by atomic mass is 19.1. The summed E-state index contributed by atoms with van der Waals surface area (Å²) < 4.78 is 27.4. The van der Waals surface area contributed by atoms with Gasteiger partial charge in [0, 0.05) is 7.11 Å². The van der Waals surface area contributed by atoms with Crippen LogP contribution in [-0.2, 0) is 10.3 Å². The van der Waals surface area contributed by atoms with Gasteiger partial charge in [0.25, 0.3) is 11.4 Å². The van der Waals surface area contributed by atoms with Crippen molar-refractivity contribution in [2.75, 3.05) is 13.7 Å². The second-order valence-electron chi connectivity index (χ2n) is 7.29. The fourth-order valence-corrected chi connectivity index (χ4v) is 3.19. The molecule has 0 saturated heterocycles. The molecular weight excluding hydrogens is 381 g/mol. The monoisotopic (exact) mass is 401 g/mol. The second-order valence-corrected chi connectivity index (χ2v) is 7.29. The van der Waals surface area contributed by atoms with E-state index in [2.05, 4.69) is 15.1 Å². The van der Waals surface area contributed by atoms with Crippen LogP contribution in [0.3, 0.4) is 0 Å². The number of imidazole rings is 1. The van der Waals surface area contributed by atoms with Gasteiger partial charge in [0.1, 0.15) is 29.0 Å². The molecule has 3 heterocycles. The van der Waals surface area contributed by atoms with E-state index in [4.69, 9.17) is 9.26 Å². The average molecular weight is 401 g/mol. The molecule has 4 aromatic rings. The number of methoxy groups -OCH3 is 1. The van der Waals surface area contributed by atoms with Crippen molar-refractivity contribution < 1.29 is 18.8 Å². The summed E-state index contributed by atoms with van der Waals surface area (Å²) in [5, 5.41) is 13.6. The fourth-order valence-electron chi connectivity index (χ4n) is 3.19. The van der Waals surface area contributed by atoms with E-state index in [1.165, 1.54) is 30.1 Å². The van der Waals surface area contributed by atoms with Crippen LogP contribution in [0.15, 0.2) is 33.8 Å². The molecular formula is C19H20FN5O4. The van der Waals surface area contributed by atoms with Gasteiger partial charge < -0.3 is 14.4 Å². The zero-order chi connectivity index (χ0) is 20.9. The maximum atomic E-state index is 13.9. The maximum Gasteiger partial charge on any atom is 0.278 e. The maximum absolute atomic E-state index is 13.9. The van der Waals surface area contributed by atoms with Crippen LogP contribution < -0.4 is 5.56 Å². The van der Waals surface area contributed by atoms with E-state index in [0.29, 0.717) is 11.0 Å². The number of halogens is 1. The lowest BCUT2D eigenvalue weighted by Gasteiger charge is -2.17. The van der Waals surface area contributed by atoms with E-state index in [9.17, 15) is 14.3 Å². The van der Waals surface area contributed by atoms with Gasteiger partial charge in [0.2, 0.25) is 5.82 Å². The second kappa shape index (κ2) is 6.75. The molecule has 3 aromatic heterocycles. The number of nitrogens with zero attached hydrogens (tertiary/aromatic N) is 5. The van der Waals surface area contributed by atoms with Gasteiger partial charge in [-0.2, -0.15) is 4.98 Å². The fraction of sp³-hybridized carbons (Fsp3) is 0.368. The Labute approximate surface area is 164 Å². The Morgan fingerprint density at radius 2 is 2.10 bits per heavy atom. The number of ether oxygens (including phenoxy) is 1. The van der Waals surface area contributed by atoms with Crippen molar-refractivity contribution in [2.45, 2.75) is 32.4 Å². The van der Waals surface area contributed by atoms with E-state index in [0.717, 1.165) is 0 Å². The number of fused-ring (bicyclic) bond motifs is 3. The molecule has 1 aromatic carbocycles. The Bertz CT molecular complexity index is 1270. The SMILES string of the molecule is COC(C)(C)c1nc(-c2ncn3c2c(=O)n(C(C)CO)c2cc(F)ccc23)no1. The molecule has 0 bridgehead atoms. The molecule has 0 aliphatic carbocycles. The van der Waals surface area contributed by atoms with Crippen molar-refractivity contribution in [3.63, 3.8) is 0 Å². The van der Waals surface area contributed by atoms with Crippen LogP contribution in [0.25, 0.3) is 28.1 Å². The number of rotatable bonds is 5. The molecule has 0 fully saturated rings. The first-order valence-corrected chi connectivity index (χ1v) is 9.00. The Morgan fingerprint density at radius 3 is 2.79 bits per heavy atom. The van der Waals surface area contributed by atoms with Crippen LogP contribution in [0.2, 0.25) is 0 Å². The Hall–Kier alpha value is -3.11. The van der Waals surface area contributed by atoms with E-state index in [1.807, 2.05) is 0 Å². The minimum atomic E-state index is -0.809. The summed E-state index contributed by atoms with van der Waals surface area (Å²) in [5.74, 6) is -0.113. The molecule has 1 atom stereocenters. The van der Waals surface area contributed by atoms with Gasteiger partial charge >= 0.3 is 0 Å². The first-order valence-electron chi connectivity index (χ1n) is 9.00. The van der Waals surface area contributed by atoms with Crippen molar-refractivity contribution in [3.05, 3.63) is 46.6 Å². The molecule has 4 rings (SSSR count). The first-order chi connectivity index (χ1) is 13.8. The molecule has 29 heavy (non-hydrogen) atoms. The molecule has 0 amide bonds. The summed E-state index contributed by atoms with van der Waals surface area (Å²) in [5.41, 5.74) is 0.0724. The number of hydrogen-bond acceptors (Lipinski definition) is 7. The van der Waals surface area contributed by atoms with Crippen molar-refractivity contribution in [3.8, 4) is 11.5 Å². The van der Waals surface area contributed by atoms with Crippen LogP contribution in [0.4, 0.5) is 4.39 Å². The number of aliphatic hydroxyl groups excluding tert-OH is 1. The van der Waals surface area contributed by atoms with Crippen molar-refractivity contribution in [2.24, 2.45) is 0 Å². The van der Waals surface area contributed by atoms with Gasteiger partial charge in [-0.05, 0) is 39.0 Å². The van der Waals surface area contributed by atoms with Crippen LogP contribution >= 0.6 is 0 Å². The largest absolute Gasteiger partial charge is 0.394 e. The molecule has 0 aliphatic heterocycles. The minimum absolute atomic E-state index is 0.134. The number of aliphatic hydroxyl groups is 1. The summed E-state index contributed by atoms with van der Waals surface area (Å²) in [7, 11) is 1.52. The molecule has 10 heteroatoms. The summed E-state index contributed by atoms with van der Waals surface area (Å²) >= 11 is 0. The molecule has 0 spiro atoms. The standard InChI is InChI=1S/C19H20FN5O4/c1-10(8-26)25-13-7-11(20)5-6-12(13)24-9-21-14(15(24)17(25)27)16-22-18(29-23-16)19(2,3)28-4/h5-7,9-10,26H,8H2,1-4H3. The topological polar surface area (TPSA) is 108 Å². The summed E-state index contributed by atoms with van der Waals surface area (Å²) in [4.78, 5) is 22.0.